The highest BCUT2D eigenvalue weighted by Crippen LogP contribution is 2.32. The Bertz CT molecular complexity index is 602. The molecule has 7 heteroatoms. The van der Waals surface area contributed by atoms with Crippen LogP contribution < -0.4 is 0 Å². The number of rotatable bonds is 3. The zero-order chi connectivity index (χ0) is 13.4. The van der Waals surface area contributed by atoms with Crippen LogP contribution in [0.3, 0.4) is 0 Å². The van der Waals surface area contributed by atoms with Crippen molar-refractivity contribution in [1.82, 2.24) is 9.78 Å². The van der Waals surface area contributed by atoms with Crippen molar-refractivity contribution in [2.45, 2.75) is 13.0 Å². The molecule has 0 saturated carbocycles. The predicted molar refractivity (Wildman–Crippen MR) is 62.7 cm³/mol. The van der Waals surface area contributed by atoms with Gasteiger partial charge in [-0.3, -0.25) is 4.68 Å². The third kappa shape index (κ3) is 1.89. The molecule has 2 aromatic heterocycles. The first-order valence-electron chi connectivity index (χ1n) is 5.11. The number of hydrogen-bond acceptors (Lipinski definition) is 4. The first-order valence-corrected chi connectivity index (χ1v) is 5.49. The largest absolute Gasteiger partial charge is 0.478 e. The molecule has 0 aliphatic rings. The SMILES string of the molecule is Cc1nn(C)c(Cl)c1C(O)c1occc1C(=O)O. The molecule has 0 aliphatic heterocycles. The number of carbonyl (C=O) groups is 1. The number of furan rings is 1. The Kier molecular flexibility index (Phi) is 3.14. The van der Waals surface area contributed by atoms with Crippen molar-refractivity contribution in [2.24, 2.45) is 7.05 Å². The fraction of sp³-hybridized carbons (Fsp3) is 0.273. The summed E-state index contributed by atoms with van der Waals surface area (Å²) in [7, 11) is 1.63. The minimum absolute atomic E-state index is 0.0551. The minimum atomic E-state index is -1.26. The summed E-state index contributed by atoms with van der Waals surface area (Å²) < 4.78 is 6.44. The monoisotopic (exact) mass is 270 g/mol. The number of halogens is 1. The number of nitrogens with zero attached hydrogens (tertiary/aromatic N) is 2. The summed E-state index contributed by atoms with van der Waals surface area (Å²) in [5.41, 5.74) is 0.765. The topological polar surface area (TPSA) is 88.5 Å². The molecule has 0 saturated heterocycles. The Hall–Kier alpha value is -1.79. The lowest BCUT2D eigenvalue weighted by Gasteiger charge is -2.08. The number of aromatic nitrogens is 2. The van der Waals surface area contributed by atoms with Crippen LogP contribution in [0.2, 0.25) is 5.15 Å². The van der Waals surface area contributed by atoms with Crippen LogP contribution in [0.25, 0.3) is 0 Å². The summed E-state index contributed by atoms with van der Waals surface area (Å²) in [6.07, 6.45) is -0.0472. The van der Waals surface area contributed by atoms with Crippen LogP contribution in [0.1, 0.15) is 33.5 Å². The van der Waals surface area contributed by atoms with Gasteiger partial charge in [-0.1, -0.05) is 11.6 Å². The maximum Gasteiger partial charge on any atom is 0.339 e. The molecule has 0 radical (unpaired) electrons. The lowest BCUT2D eigenvalue weighted by Crippen LogP contribution is -2.06. The highest BCUT2D eigenvalue weighted by molar-refractivity contribution is 6.30. The van der Waals surface area contributed by atoms with Crippen LogP contribution in [0.4, 0.5) is 0 Å². The molecule has 2 heterocycles. The van der Waals surface area contributed by atoms with Crippen LogP contribution >= 0.6 is 11.6 Å². The van der Waals surface area contributed by atoms with Gasteiger partial charge in [-0.05, 0) is 13.0 Å². The maximum absolute atomic E-state index is 11.0. The number of carboxylic acid groups (broad SMARTS) is 1. The van der Waals surface area contributed by atoms with Crippen LogP contribution in [0.5, 0.6) is 0 Å². The van der Waals surface area contributed by atoms with Gasteiger partial charge in [0, 0.05) is 12.6 Å². The standard InChI is InChI=1S/C11H11ClN2O4/c1-5-7(10(12)14(2)13-5)8(15)9-6(11(16)17)3-4-18-9/h3-4,8,15H,1-2H3,(H,16,17). The lowest BCUT2D eigenvalue weighted by molar-refractivity contribution is 0.0687. The van der Waals surface area contributed by atoms with Crippen molar-refractivity contribution < 1.29 is 19.4 Å². The summed E-state index contributed by atoms with van der Waals surface area (Å²) in [5.74, 6) is -1.23. The maximum atomic E-state index is 11.0. The van der Waals surface area contributed by atoms with Gasteiger partial charge in [0.25, 0.3) is 0 Å². The highest BCUT2D eigenvalue weighted by Gasteiger charge is 2.27. The Morgan fingerprint density at radius 2 is 2.28 bits per heavy atom. The second kappa shape index (κ2) is 4.47. The number of aryl methyl sites for hydroxylation is 2. The summed E-state index contributed by atoms with van der Waals surface area (Å²) in [4.78, 5) is 11.0. The molecular formula is C11H11ClN2O4. The molecule has 2 rings (SSSR count). The van der Waals surface area contributed by atoms with Gasteiger partial charge in [-0.2, -0.15) is 5.10 Å². The van der Waals surface area contributed by atoms with E-state index in [9.17, 15) is 9.90 Å². The average Bonchev–Trinajstić information content (AvgIpc) is 2.85. The van der Waals surface area contributed by atoms with E-state index in [0.717, 1.165) is 0 Å². The van der Waals surface area contributed by atoms with E-state index < -0.39 is 12.1 Å². The second-order valence-corrected chi connectivity index (χ2v) is 4.18. The zero-order valence-electron chi connectivity index (χ0n) is 9.72. The highest BCUT2D eigenvalue weighted by atomic mass is 35.5. The van der Waals surface area contributed by atoms with E-state index in [4.69, 9.17) is 21.1 Å². The van der Waals surface area contributed by atoms with Gasteiger partial charge in [0.15, 0.2) is 5.76 Å². The minimum Gasteiger partial charge on any atom is -0.478 e. The van der Waals surface area contributed by atoms with Crippen LogP contribution in [-0.2, 0) is 7.05 Å². The molecular weight excluding hydrogens is 260 g/mol. The molecule has 1 atom stereocenters. The molecule has 18 heavy (non-hydrogen) atoms. The fourth-order valence-corrected chi connectivity index (χ4v) is 2.08. The van der Waals surface area contributed by atoms with Crippen molar-refractivity contribution in [1.29, 1.82) is 0 Å². The van der Waals surface area contributed by atoms with Gasteiger partial charge >= 0.3 is 5.97 Å². The molecule has 0 aliphatic carbocycles. The summed E-state index contributed by atoms with van der Waals surface area (Å²) in [5, 5.41) is 23.5. The summed E-state index contributed by atoms with van der Waals surface area (Å²) in [6, 6.07) is 1.28. The number of aromatic carboxylic acids is 1. The molecule has 6 nitrogen and oxygen atoms in total. The number of carboxylic acids is 1. The van der Waals surface area contributed by atoms with Gasteiger partial charge in [0.05, 0.1) is 12.0 Å². The lowest BCUT2D eigenvalue weighted by atomic mass is 10.1. The quantitative estimate of drug-likeness (QED) is 0.887. The van der Waals surface area contributed by atoms with Crippen molar-refractivity contribution in [3.05, 3.63) is 40.1 Å². The molecule has 0 bridgehead atoms. The third-order valence-corrected chi connectivity index (χ3v) is 3.09. The van der Waals surface area contributed by atoms with Crippen LogP contribution in [0, 0.1) is 6.92 Å². The number of aliphatic hydroxyl groups is 1. The zero-order valence-corrected chi connectivity index (χ0v) is 10.5. The number of aliphatic hydroxyl groups excluding tert-OH is 1. The molecule has 0 spiro atoms. The Balaban J connectivity index is 2.51. The Morgan fingerprint density at radius 3 is 2.78 bits per heavy atom. The van der Waals surface area contributed by atoms with E-state index in [-0.39, 0.29) is 16.5 Å². The predicted octanol–water partition coefficient (Wildman–Crippen LogP) is 1.75. The molecule has 0 aromatic carbocycles. The van der Waals surface area contributed by atoms with Crippen molar-refractivity contribution in [3.63, 3.8) is 0 Å². The van der Waals surface area contributed by atoms with Crippen molar-refractivity contribution >= 4 is 17.6 Å². The van der Waals surface area contributed by atoms with E-state index in [0.29, 0.717) is 11.3 Å². The molecule has 96 valence electrons. The van der Waals surface area contributed by atoms with Crippen molar-refractivity contribution in [2.75, 3.05) is 0 Å². The van der Waals surface area contributed by atoms with Gasteiger partial charge in [0.1, 0.15) is 16.8 Å². The van der Waals surface area contributed by atoms with E-state index in [2.05, 4.69) is 5.10 Å². The Morgan fingerprint density at radius 1 is 1.61 bits per heavy atom. The van der Waals surface area contributed by atoms with Gasteiger partial charge in [-0.15, -0.1) is 0 Å². The average molecular weight is 271 g/mol. The van der Waals surface area contributed by atoms with Gasteiger partial charge < -0.3 is 14.6 Å². The molecule has 0 fully saturated rings. The van der Waals surface area contributed by atoms with E-state index in [1.807, 2.05) is 0 Å². The normalized spacial score (nSPS) is 12.7. The Labute approximate surface area is 107 Å². The first-order chi connectivity index (χ1) is 8.43. The first kappa shape index (κ1) is 12.7. The molecule has 2 N–H and O–H groups in total. The van der Waals surface area contributed by atoms with E-state index in [1.165, 1.54) is 17.0 Å². The fourth-order valence-electron chi connectivity index (χ4n) is 1.80. The van der Waals surface area contributed by atoms with Gasteiger partial charge in [-0.25, -0.2) is 4.79 Å². The molecule has 1 unspecified atom stereocenters. The van der Waals surface area contributed by atoms with Gasteiger partial charge in [0.2, 0.25) is 0 Å². The summed E-state index contributed by atoms with van der Waals surface area (Å²) >= 11 is 6.01. The van der Waals surface area contributed by atoms with Crippen LogP contribution in [-0.4, -0.2) is 26.0 Å². The number of hydrogen-bond donors (Lipinski definition) is 2. The smallest absolute Gasteiger partial charge is 0.339 e. The second-order valence-electron chi connectivity index (χ2n) is 3.82. The molecule has 0 amide bonds. The molecule has 2 aromatic rings. The summed E-state index contributed by atoms with van der Waals surface area (Å²) in [6.45, 7) is 1.67. The van der Waals surface area contributed by atoms with Crippen molar-refractivity contribution in [3.8, 4) is 0 Å². The van der Waals surface area contributed by atoms with E-state index in [1.54, 1.807) is 14.0 Å². The third-order valence-electron chi connectivity index (χ3n) is 2.64. The van der Waals surface area contributed by atoms with Crippen LogP contribution in [0.15, 0.2) is 16.7 Å². The van der Waals surface area contributed by atoms with E-state index >= 15 is 0 Å².